The highest BCUT2D eigenvalue weighted by Crippen LogP contribution is 2.11. The van der Waals surface area contributed by atoms with E-state index in [9.17, 15) is 4.79 Å². The summed E-state index contributed by atoms with van der Waals surface area (Å²) in [4.78, 5) is 10.4. The Morgan fingerprint density at radius 1 is 0.640 bits per heavy atom. The first kappa shape index (κ1) is 22.7. The van der Waals surface area contributed by atoms with Crippen LogP contribution in [0.5, 0.6) is 0 Å². The van der Waals surface area contributed by atoms with Gasteiger partial charge >= 0.3 is 5.97 Å². The topological polar surface area (TPSA) is 37.3 Å². The first-order valence-corrected chi connectivity index (χ1v) is 9.45. The van der Waals surface area contributed by atoms with Gasteiger partial charge in [0.1, 0.15) is 0 Å². The fourth-order valence-corrected chi connectivity index (χ4v) is 2.19. The zero-order valence-corrected chi connectivity index (χ0v) is 15.5. The van der Waals surface area contributed by atoms with E-state index in [0.29, 0.717) is 6.42 Å². The molecule has 0 saturated carbocycles. The van der Waals surface area contributed by atoms with E-state index in [2.05, 4.69) is 54.3 Å². The van der Waals surface area contributed by atoms with Crippen molar-refractivity contribution in [2.24, 2.45) is 0 Å². The Morgan fingerprint density at radius 3 is 1.60 bits per heavy atom. The van der Waals surface area contributed by atoms with E-state index in [1.807, 2.05) is 0 Å². The molecule has 0 aliphatic rings. The Kier molecular flexibility index (Phi) is 17.9. The molecule has 0 amide bonds. The number of hydrogen-bond acceptors (Lipinski definition) is 1. The molecule has 0 spiro atoms. The fraction of sp³-hybridized carbons (Fsp3) is 0.609. The SMILES string of the molecule is CCCC#CC#CC#CC#CCCCCCCCCCCCC(=O)O. The van der Waals surface area contributed by atoms with Crippen LogP contribution in [0.3, 0.4) is 0 Å². The van der Waals surface area contributed by atoms with Gasteiger partial charge in [-0.25, -0.2) is 0 Å². The molecule has 1 N–H and O–H groups in total. The maximum atomic E-state index is 10.4. The van der Waals surface area contributed by atoms with E-state index in [1.54, 1.807) is 0 Å². The van der Waals surface area contributed by atoms with E-state index in [4.69, 9.17) is 5.11 Å². The lowest BCUT2D eigenvalue weighted by Gasteiger charge is -2.01. The third-order valence-electron chi connectivity index (χ3n) is 3.56. The van der Waals surface area contributed by atoms with Crippen LogP contribution in [0.1, 0.15) is 90.4 Å². The molecule has 0 bridgehead atoms. The van der Waals surface area contributed by atoms with Crippen molar-refractivity contribution in [3.8, 4) is 47.4 Å². The number of carbonyl (C=O) groups is 1. The Balaban J connectivity index is 3.40. The van der Waals surface area contributed by atoms with Crippen LogP contribution in [0, 0.1) is 47.4 Å². The van der Waals surface area contributed by atoms with Gasteiger partial charge in [0.2, 0.25) is 0 Å². The summed E-state index contributed by atoms with van der Waals surface area (Å²) in [5, 5.41) is 8.54. The number of hydrogen-bond donors (Lipinski definition) is 1. The predicted molar refractivity (Wildman–Crippen MR) is 104 cm³/mol. The molecule has 134 valence electrons. The molecule has 0 radical (unpaired) electrons. The summed E-state index contributed by atoms with van der Waals surface area (Å²) in [7, 11) is 0. The maximum Gasteiger partial charge on any atom is 0.303 e. The molecule has 0 atom stereocenters. The van der Waals surface area contributed by atoms with E-state index < -0.39 is 5.97 Å². The van der Waals surface area contributed by atoms with Gasteiger partial charge in [-0.3, -0.25) is 4.79 Å². The minimum absolute atomic E-state index is 0.311. The molecule has 0 aromatic rings. The molecule has 2 nitrogen and oxygen atoms in total. The molecule has 2 heteroatoms. The molecule has 0 unspecified atom stereocenters. The second kappa shape index (κ2) is 19.8. The van der Waals surface area contributed by atoms with Gasteiger partial charge in [-0.2, -0.15) is 0 Å². The van der Waals surface area contributed by atoms with Gasteiger partial charge in [0.15, 0.2) is 0 Å². The third-order valence-corrected chi connectivity index (χ3v) is 3.56. The largest absolute Gasteiger partial charge is 0.481 e. The van der Waals surface area contributed by atoms with E-state index in [1.165, 1.54) is 32.1 Å². The van der Waals surface area contributed by atoms with Crippen molar-refractivity contribution in [3.05, 3.63) is 0 Å². The Labute approximate surface area is 154 Å². The van der Waals surface area contributed by atoms with Crippen molar-refractivity contribution in [2.45, 2.75) is 90.4 Å². The van der Waals surface area contributed by atoms with Crippen LogP contribution in [0.15, 0.2) is 0 Å². The average molecular weight is 338 g/mol. The number of rotatable bonds is 12. The summed E-state index contributed by atoms with van der Waals surface area (Å²) >= 11 is 0. The summed E-state index contributed by atoms with van der Waals surface area (Å²) in [6.45, 7) is 2.09. The highest BCUT2D eigenvalue weighted by atomic mass is 16.4. The molecule has 0 fully saturated rings. The second-order valence-electron chi connectivity index (χ2n) is 5.93. The van der Waals surface area contributed by atoms with Crippen LogP contribution in [-0.4, -0.2) is 11.1 Å². The third kappa shape index (κ3) is 21.7. The summed E-state index contributed by atoms with van der Waals surface area (Å²) in [6.07, 6.45) is 13.5. The van der Waals surface area contributed by atoms with Crippen molar-refractivity contribution in [1.82, 2.24) is 0 Å². The molecule has 0 aromatic heterocycles. The molecule has 0 aromatic carbocycles. The fourth-order valence-electron chi connectivity index (χ4n) is 2.19. The highest BCUT2D eigenvalue weighted by Gasteiger charge is 1.96. The molecular formula is C23H30O2. The standard InChI is InChI=1S/C23H30O2/c1-2-3-4-5-6-7-8-9-10-11-12-13-14-15-16-17-18-19-20-21-22-23(24)25/h2-3,12-22H2,1H3,(H,24,25). The van der Waals surface area contributed by atoms with Crippen LogP contribution in [0.2, 0.25) is 0 Å². The zero-order valence-electron chi connectivity index (χ0n) is 15.5. The molecule has 0 aliphatic heterocycles. The lowest BCUT2D eigenvalue weighted by molar-refractivity contribution is -0.137. The van der Waals surface area contributed by atoms with Crippen LogP contribution in [0.4, 0.5) is 0 Å². The van der Waals surface area contributed by atoms with Gasteiger partial charge in [-0.15, -0.1) is 0 Å². The van der Waals surface area contributed by atoms with Gasteiger partial charge in [0, 0.05) is 19.3 Å². The molecule has 25 heavy (non-hydrogen) atoms. The van der Waals surface area contributed by atoms with Crippen LogP contribution in [0.25, 0.3) is 0 Å². The Morgan fingerprint density at radius 2 is 1.08 bits per heavy atom. The lowest BCUT2D eigenvalue weighted by Crippen LogP contribution is -1.93. The second-order valence-corrected chi connectivity index (χ2v) is 5.93. The first-order chi connectivity index (χ1) is 12.3. The zero-order chi connectivity index (χ0) is 18.4. The smallest absolute Gasteiger partial charge is 0.303 e. The minimum Gasteiger partial charge on any atom is -0.481 e. The van der Waals surface area contributed by atoms with E-state index in [-0.39, 0.29) is 0 Å². The summed E-state index contributed by atoms with van der Waals surface area (Å²) < 4.78 is 0. The van der Waals surface area contributed by atoms with Crippen molar-refractivity contribution in [2.75, 3.05) is 0 Å². The minimum atomic E-state index is -0.682. The Hall–Kier alpha value is -2.29. The average Bonchev–Trinajstić information content (AvgIpc) is 2.60. The van der Waals surface area contributed by atoms with Crippen LogP contribution in [-0.2, 0) is 4.79 Å². The van der Waals surface area contributed by atoms with Crippen molar-refractivity contribution in [3.63, 3.8) is 0 Å². The van der Waals surface area contributed by atoms with Gasteiger partial charge < -0.3 is 5.11 Å². The van der Waals surface area contributed by atoms with Gasteiger partial charge in [0.25, 0.3) is 0 Å². The summed E-state index contributed by atoms with van der Waals surface area (Å²) in [6, 6.07) is 0. The lowest BCUT2D eigenvalue weighted by atomic mass is 10.1. The summed E-state index contributed by atoms with van der Waals surface area (Å²) in [5.41, 5.74) is 0. The summed E-state index contributed by atoms with van der Waals surface area (Å²) in [5.74, 6) is 21.7. The molecule has 0 aliphatic carbocycles. The van der Waals surface area contributed by atoms with Gasteiger partial charge in [-0.1, -0.05) is 63.7 Å². The number of aliphatic carboxylic acids is 1. The predicted octanol–water partition coefficient (Wildman–Crippen LogP) is 5.18. The number of carboxylic acids is 1. The number of carboxylic acid groups (broad SMARTS) is 1. The normalized spacial score (nSPS) is 8.52. The van der Waals surface area contributed by atoms with Crippen LogP contribution < -0.4 is 0 Å². The van der Waals surface area contributed by atoms with Crippen molar-refractivity contribution in [1.29, 1.82) is 0 Å². The number of unbranched alkanes of at least 4 members (excludes halogenated alkanes) is 10. The quantitative estimate of drug-likeness (QED) is 0.393. The highest BCUT2D eigenvalue weighted by molar-refractivity contribution is 5.66. The van der Waals surface area contributed by atoms with Crippen LogP contribution >= 0.6 is 0 Å². The maximum absolute atomic E-state index is 10.4. The van der Waals surface area contributed by atoms with Gasteiger partial charge in [0.05, 0.1) is 0 Å². The molecular weight excluding hydrogens is 308 g/mol. The molecule has 0 saturated heterocycles. The monoisotopic (exact) mass is 338 g/mol. The van der Waals surface area contributed by atoms with E-state index in [0.717, 1.165) is 44.9 Å². The Bertz CT molecular complexity index is 585. The van der Waals surface area contributed by atoms with Crippen molar-refractivity contribution < 1.29 is 9.90 Å². The molecule has 0 rings (SSSR count). The molecule has 0 heterocycles. The van der Waals surface area contributed by atoms with Crippen molar-refractivity contribution >= 4 is 5.97 Å². The van der Waals surface area contributed by atoms with Gasteiger partial charge in [-0.05, 0) is 54.8 Å². The van der Waals surface area contributed by atoms with E-state index >= 15 is 0 Å². The first-order valence-electron chi connectivity index (χ1n) is 9.45.